The molecule has 2 aliphatic carbocycles. The molecule has 318 valence electrons. The molecule has 2 aromatic heterocycles. The molecule has 5 atom stereocenters. The Labute approximate surface area is 349 Å². The van der Waals surface area contributed by atoms with E-state index >= 15 is 0 Å². The van der Waals surface area contributed by atoms with Gasteiger partial charge in [0.15, 0.2) is 5.82 Å². The lowest BCUT2D eigenvalue weighted by molar-refractivity contribution is -0.141. The van der Waals surface area contributed by atoms with Crippen LogP contribution in [0.15, 0.2) is 65.1 Å². The van der Waals surface area contributed by atoms with Crippen molar-refractivity contribution in [2.45, 2.75) is 113 Å². The molecule has 0 spiro atoms. The highest BCUT2D eigenvalue weighted by molar-refractivity contribution is 7.91. The number of furan rings is 1. The lowest BCUT2D eigenvalue weighted by Crippen LogP contribution is -2.58. The van der Waals surface area contributed by atoms with E-state index in [0.29, 0.717) is 54.6 Å². The van der Waals surface area contributed by atoms with Crippen molar-refractivity contribution in [3.63, 3.8) is 0 Å². The predicted octanol–water partition coefficient (Wildman–Crippen LogP) is 5.33. The van der Waals surface area contributed by atoms with E-state index in [9.17, 15) is 27.6 Å². The fourth-order valence-electron chi connectivity index (χ4n) is 8.18. The van der Waals surface area contributed by atoms with Gasteiger partial charge >= 0.3 is 6.03 Å². The molecule has 1 saturated heterocycles. The van der Waals surface area contributed by atoms with Crippen LogP contribution in [0.5, 0.6) is 5.88 Å². The SMILES string of the molecule is CN(C)C(=O)N[C@H]1CCCCC/C=C\[C@@H]2C[C@@]2(C(=O)NS(=O)(=O)C2CC2)NC(=O)[C@@H]2C[C@@H](Oc3nc(-c4ccc(C(C)(C)C)cc4)nc4c3oc3ccccc34)CN2C1=O. The van der Waals surface area contributed by atoms with Crippen molar-refractivity contribution >= 4 is 55.8 Å². The summed E-state index contributed by atoms with van der Waals surface area (Å²) >= 11 is 0. The van der Waals surface area contributed by atoms with Crippen molar-refractivity contribution in [2.24, 2.45) is 5.92 Å². The molecule has 4 heterocycles. The molecule has 16 heteroatoms. The van der Waals surface area contributed by atoms with E-state index in [4.69, 9.17) is 19.1 Å². The summed E-state index contributed by atoms with van der Waals surface area (Å²) in [5.74, 6) is -1.80. The molecule has 15 nitrogen and oxygen atoms in total. The standard InChI is InChI=1S/C44H53N7O8S/c1-43(2,3)27-19-17-26(18-20-27)37-46-35-31-14-11-12-16-34(31)59-36(35)39(47-37)58-29-23-33-38(52)48-44(41(54)49-60(56,57)30-21-22-30)24-28(44)13-9-7-6-8-10-15-32(40(53)51(33)25-29)45-42(55)50(4)5/h9,11-14,16-20,28-30,32-33H,6-8,10,15,21-25H2,1-5H3,(H,45,55)(H,48,52)(H,49,54)/b13-9-/t28-,29-,32+,33+,44-/m1/s1. The van der Waals surface area contributed by atoms with E-state index in [1.54, 1.807) is 14.1 Å². The smallest absolute Gasteiger partial charge is 0.317 e. The number of carbonyl (C=O) groups excluding carboxylic acids is 4. The molecule has 0 bridgehead atoms. The van der Waals surface area contributed by atoms with Gasteiger partial charge in [-0.1, -0.05) is 82.2 Å². The van der Waals surface area contributed by atoms with Crippen molar-refractivity contribution in [3.8, 4) is 17.3 Å². The van der Waals surface area contributed by atoms with Gasteiger partial charge in [-0.15, -0.1) is 0 Å². The van der Waals surface area contributed by atoms with Crippen molar-refractivity contribution in [1.82, 2.24) is 35.1 Å². The maximum absolute atomic E-state index is 14.7. The van der Waals surface area contributed by atoms with Crippen molar-refractivity contribution in [1.29, 1.82) is 0 Å². The van der Waals surface area contributed by atoms with Crippen LogP contribution in [-0.4, -0.2) is 102 Å². The number of hydrogen-bond acceptors (Lipinski definition) is 10. The average molecular weight is 840 g/mol. The monoisotopic (exact) mass is 839 g/mol. The molecule has 4 aromatic rings. The predicted molar refractivity (Wildman–Crippen MR) is 225 cm³/mol. The van der Waals surface area contributed by atoms with E-state index in [-0.39, 0.29) is 30.7 Å². The number of allylic oxidation sites excluding steroid dienone is 1. The van der Waals surface area contributed by atoms with Crippen LogP contribution in [0, 0.1) is 5.92 Å². The largest absolute Gasteiger partial charge is 0.470 e. The molecule has 0 unspecified atom stereocenters. The van der Waals surface area contributed by atoms with Crippen LogP contribution in [0.2, 0.25) is 0 Å². The Morgan fingerprint density at radius 3 is 2.47 bits per heavy atom. The van der Waals surface area contributed by atoms with Crippen molar-refractivity contribution in [3.05, 3.63) is 66.2 Å². The summed E-state index contributed by atoms with van der Waals surface area (Å²) in [6.45, 7) is 6.37. The molecule has 0 radical (unpaired) electrons. The Morgan fingerprint density at radius 2 is 1.75 bits per heavy atom. The highest BCUT2D eigenvalue weighted by atomic mass is 32.2. The second kappa shape index (κ2) is 15.8. The number of benzene rings is 2. The lowest BCUT2D eigenvalue weighted by Gasteiger charge is -2.30. The van der Waals surface area contributed by atoms with Gasteiger partial charge in [0.05, 0.1) is 11.8 Å². The molecular weight excluding hydrogens is 787 g/mol. The number of fused-ring (bicyclic) bond motifs is 5. The first-order chi connectivity index (χ1) is 28.5. The minimum Gasteiger partial charge on any atom is -0.470 e. The van der Waals surface area contributed by atoms with Crippen LogP contribution >= 0.6 is 0 Å². The number of nitrogens with zero attached hydrogens (tertiary/aromatic N) is 4. The number of ether oxygens (including phenoxy) is 1. The van der Waals surface area contributed by atoms with Crippen LogP contribution < -0.4 is 20.1 Å². The van der Waals surface area contributed by atoms with E-state index in [1.165, 1.54) is 9.80 Å². The van der Waals surface area contributed by atoms with Crippen LogP contribution in [-0.2, 0) is 29.8 Å². The third kappa shape index (κ3) is 8.30. The zero-order valence-corrected chi connectivity index (χ0v) is 35.5. The first-order valence-corrected chi connectivity index (χ1v) is 22.4. The number of urea groups is 1. The van der Waals surface area contributed by atoms with Crippen LogP contribution in [0.3, 0.4) is 0 Å². The number of amides is 5. The summed E-state index contributed by atoms with van der Waals surface area (Å²) in [4.78, 5) is 68.6. The molecule has 2 aromatic carbocycles. The Balaban J connectivity index is 1.15. The summed E-state index contributed by atoms with van der Waals surface area (Å²) in [5, 5.41) is 5.89. The van der Waals surface area contributed by atoms with Gasteiger partial charge in [-0.25, -0.2) is 18.2 Å². The molecule has 3 N–H and O–H groups in total. The number of para-hydroxylation sites is 1. The van der Waals surface area contributed by atoms with Crippen molar-refractivity contribution < 1.29 is 36.7 Å². The summed E-state index contributed by atoms with van der Waals surface area (Å²) in [6.07, 6.45) is 7.44. The Morgan fingerprint density at radius 1 is 1.00 bits per heavy atom. The number of sulfonamides is 1. The van der Waals surface area contributed by atoms with Gasteiger partial charge in [-0.2, -0.15) is 4.98 Å². The van der Waals surface area contributed by atoms with Gasteiger partial charge < -0.3 is 29.6 Å². The minimum atomic E-state index is -3.91. The third-order valence-electron chi connectivity index (χ3n) is 12.0. The maximum Gasteiger partial charge on any atom is 0.317 e. The zero-order valence-electron chi connectivity index (χ0n) is 34.7. The molecule has 2 aliphatic heterocycles. The van der Waals surface area contributed by atoms with Crippen molar-refractivity contribution in [2.75, 3.05) is 20.6 Å². The number of aromatic nitrogens is 2. The zero-order chi connectivity index (χ0) is 42.6. The fraction of sp³-hybridized carbons (Fsp3) is 0.500. The quantitative estimate of drug-likeness (QED) is 0.205. The highest BCUT2D eigenvalue weighted by Crippen LogP contribution is 2.46. The molecule has 4 aliphatic rings. The summed E-state index contributed by atoms with van der Waals surface area (Å²) in [5.41, 5.74) is 1.75. The number of nitrogens with one attached hydrogen (secondary N) is 3. The Kier molecular flexibility index (Phi) is 10.9. The number of carbonyl (C=O) groups is 4. The first-order valence-electron chi connectivity index (χ1n) is 20.8. The van der Waals surface area contributed by atoms with Gasteiger partial charge in [0.1, 0.15) is 34.8 Å². The fourth-order valence-corrected chi connectivity index (χ4v) is 9.54. The third-order valence-corrected chi connectivity index (χ3v) is 13.8. The van der Waals surface area contributed by atoms with E-state index in [2.05, 4.69) is 36.1 Å². The summed E-state index contributed by atoms with van der Waals surface area (Å²) < 4.78 is 41.1. The molecule has 2 saturated carbocycles. The van der Waals surface area contributed by atoms with Gasteiger partial charge in [0.25, 0.3) is 11.8 Å². The highest BCUT2D eigenvalue weighted by Gasteiger charge is 2.62. The normalized spacial score (nSPS) is 25.6. The first kappa shape index (κ1) is 41.2. The summed E-state index contributed by atoms with van der Waals surface area (Å²) in [7, 11) is -0.740. The number of hydrogen-bond donors (Lipinski definition) is 3. The van der Waals surface area contributed by atoms with E-state index in [0.717, 1.165) is 29.4 Å². The number of rotatable bonds is 7. The second-order valence-corrected chi connectivity index (χ2v) is 19.8. The van der Waals surface area contributed by atoms with E-state index in [1.807, 2.05) is 60.7 Å². The molecule has 3 fully saturated rings. The van der Waals surface area contributed by atoms with Crippen LogP contribution in [0.25, 0.3) is 33.5 Å². The van der Waals surface area contributed by atoms with Gasteiger partial charge in [0, 0.05) is 37.4 Å². The second-order valence-electron chi connectivity index (χ2n) is 17.8. The van der Waals surface area contributed by atoms with Gasteiger partial charge in [-0.3, -0.25) is 19.1 Å². The van der Waals surface area contributed by atoms with Crippen LogP contribution in [0.4, 0.5) is 4.79 Å². The molecule has 60 heavy (non-hydrogen) atoms. The van der Waals surface area contributed by atoms with Crippen LogP contribution in [0.1, 0.15) is 84.1 Å². The summed E-state index contributed by atoms with van der Waals surface area (Å²) in [6, 6.07) is 13.0. The Hall–Kier alpha value is -5.51. The topological polar surface area (TPSA) is 193 Å². The molecule has 8 rings (SSSR count). The minimum absolute atomic E-state index is 0.00579. The van der Waals surface area contributed by atoms with Gasteiger partial charge in [-0.05, 0) is 61.6 Å². The lowest BCUT2D eigenvalue weighted by atomic mass is 9.87. The molecular formula is C44H53N7O8S. The maximum atomic E-state index is 14.7. The average Bonchev–Trinajstić information content (AvgIpc) is 4.11. The Bertz CT molecular complexity index is 2470. The van der Waals surface area contributed by atoms with Gasteiger partial charge in [0.2, 0.25) is 27.4 Å². The van der Waals surface area contributed by atoms with E-state index < -0.39 is 68.7 Å². The molecule has 5 amide bonds.